The van der Waals surface area contributed by atoms with Gasteiger partial charge >= 0.3 is 0 Å². The van der Waals surface area contributed by atoms with E-state index < -0.39 is 0 Å². The van der Waals surface area contributed by atoms with E-state index in [0.29, 0.717) is 5.92 Å². The minimum Gasteiger partial charge on any atom is -0.380 e. The first-order chi connectivity index (χ1) is 3.93. The molecular weight excluding hydrogens is 100 g/mol. The smallest absolute Gasteiger partial charge is 0.0604 e. The van der Waals surface area contributed by atoms with Crippen molar-refractivity contribution in [1.29, 1.82) is 0 Å². The van der Waals surface area contributed by atoms with Gasteiger partial charge in [0.15, 0.2) is 0 Å². The molecule has 0 aliphatic carbocycles. The lowest BCUT2D eigenvalue weighted by atomic mass is 10.1. The highest BCUT2D eigenvalue weighted by Crippen LogP contribution is 2.09. The van der Waals surface area contributed by atoms with Gasteiger partial charge in [-0.05, 0) is 13.3 Å². The summed E-state index contributed by atoms with van der Waals surface area (Å²) in [6, 6.07) is 0. The average Bonchev–Trinajstić information content (AvgIpc) is 2.19. The Bertz CT molecular complexity index is 112. The van der Waals surface area contributed by atoms with Crippen LogP contribution in [0.15, 0.2) is 0 Å². The number of hydrogen-bond donors (Lipinski definition) is 0. The zero-order valence-corrected chi connectivity index (χ0v) is 5.11. The maximum absolute atomic E-state index is 5.11. The van der Waals surface area contributed by atoms with E-state index >= 15 is 0 Å². The van der Waals surface area contributed by atoms with Gasteiger partial charge in [0.25, 0.3) is 0 Å². The molecular formula is C7H10O. The Morgan fingerprint density at radius 3 is 3.00 bits per heavy atom. The Morgan fingerprint density at radius 1 is 1.62 bits per heavy atom. The van der Waals surface area contributed by atoms with Crippen LogP contribution in [0, 0.1) is 17.8 Å². The molecule has 0 N–H and O–H groups in total. The van der Waals surface area contributed by atoms with Crippen molar-refractivity contribution in [3.8, 4) is 11.8 Å². The zero-order chi connectivity index (χ0) is 5.82. The lowest BCUT2D eigenvalue weighted by Crippen LogP contribution is -1.92. The van der Waals surface area contributed by atoms with Gasteiger partial charge in [0.1, 0.15) is 0 Å². The van der Waals surface area contributed by atoms with Gasteiger partial charge in [-0.2, -0.15) is 0 Å². The third kappa shape index (κ3) is 1.24. The minimum absolute atomic E-state index is 0.528. The van der Waals surface area contributed by atoms with Crippen molar-refractivity contribution in [1.82, 2.24) is 0 Å². The van der Waals surface area contributed by atoms with Crippen molar-refractivity contribution in [2.75, 3.05) is 13.2 Å². The van der Waals surface area contributed by atoms with Crippen molar-refractivity contribution in [3.63, 3.8) is 0 Å². The van der Waals surface area contributed by atoms with Crippen LogP contribution in [-0.4, -0.2) is 13.2 Å². The lowest BCUT2D eigenvalue weighted by Gasteiger charge is -1.90. The van der Waals surface area contributed by atoms with Crippen molar-refractivity contribution >= 4 is 0 Å². The summed E-state index contributed by atoms with van der Waals surface area (Å²) in [6.07, 6.45) is 1.13. The summed E-state index contributed by atoms with van der Waals surface area (Å²) in [7, 11) is 0. The normalized spacial score (nSPS) is 26.9. The van der Waals surface area contributed by atoms with Crippen molar-refractivity contribution in [2.24, 2.45) is 5.92 Å². The van der Waals surface area contributed by atoms with Crippen LogP contribution in [0.25, 0.3) is 0 Å². The summed E-state index contributed by atoms with van der Waals surface area (Å²) in [6.45, 7) is 3.62. The van der Waals surface area contributed by atoms with E-state index in [1.165, 1.54) is 0 Å². The SMILES string of the molecule is CC#CC1CCOC1. The van der Waals surface area contributed by atoms with Crippen LogP contribution in [0.5, 0.6) is 0 Å². The van der Waals surface area contributed by atoms with Crippen LogP contribution in [-0.2, 0) is 4.74 Å². The van der Waals surface area contributed by atoms with Gasteiger partial charge in [-0.1, -0.05) is 5.92 Å². The Labute approximate surface area is 50.0 Å². The van der Waals surface area contributed by atoms with E-state index in [-0.39, 0.29) is 0 Å². The molecule has 1 nitrogen and oxygen atoms in total. The van der Waals surface area contributed by atoms with Gasteiger partial charge in [0.2, 0.25) is 0 Å². The van der Waals surface area contributed by atoms with Crippen LogP contribution in [0.2, 0.25) is 0 Å². The Morgan fingerprint density at radius 2 is 2.50 bits per heavy atom. The molecule has 1 aliphatic heterocycles. The first-order valence-corrected chi connectivity index (χ1v) is 2.93. The molecule has 0 aromatic carbocycles. The van der Waals surface area contributed by atoms with Crippen LogP contribution >= 0.6 is 0 Å². The summed E-state index contributed by atoms with van der Waals surface area (Å²) < 4.78 is 5.11. The molecule has 0 aromatic heterocycles. The summed E-state index contributed by atoms with van der Waals surface area (Å²) in [5.41, 5.74) is 0. The second kappa shape index (κ2) is 2.74. The fourth-order valence-electron chi connectivity index (χ4n) is 0.852. The molecule has 44 valence electrons. The van der Waals surface area contributed by atoms with E-state index in [4.69, 9.17) is 4.74 Å². The van der Waals surface area contributed by atoms with E-state index in [2.05, 4.69) is 11.8 Å². The van der Waals surface area contributed by atoms with E-state index in [1.807, 2.05) is 6.92 Å². The molecule has 1 heterocycles. The standard InChI is InChI=1S/C7H10O/c1-2-3-7-4-5-8-6-7/h7H,4-6H2,1H3. The molecule has 0 bridgehead atoms. The second-order valence-electron chi connectivity index (χ2n) is 1.95. The highest BCUT2D eigenvalue weighted by Gasteiger charge is 2.11. The third-order valence-electron chi connectivity index (χ3n) is 1.28. The topological polar surface area (TPSA) is 9.23 Å². The maximum Gasteiger partial charge on any atom is 0.0604 e. The Balaban J connectivity index is 2.32. The van der Waals surface area contributed by atoms with Crippen LogP contribution < -0.4 is 0 Å². The molecule has 0 saturated carbocycles. The Kier molecular flexibility index (Phi) is 1.93. The number of rotatable bonds is 0. The molecule has 1 aliphatic rings. The second-order valence-corrected chi connectivity index (χ2v) is 1.95. The third-order valence-corrected chi connectivity index (χ3v) is 1.28. The number of hydrogen-bond acceptors (Lipinski definition) is 1. The van der Waals surface area contributed by atoms with Gasteiger partial charge < -0.3 is 4.74 Å². The molecule has 0 aromatic rings. The minimum atomic E-state index is 0.528. The predicted octanol–water partition coefficient (Wildman–Crippen LogP) is 1.05. The van der Waals surface area contributed by atoms with Gasteiger partial charge in [-0.15, -0.1) is 5.92 Å². The van der Waals surface area contributed by atoms with E-state index in [1.54, 1.807) is 0 Å². The summed E-state index contributed by atoms with van der Waals surface area (Å²) in [5, 5.41) is 0. The molecule has 1 saturated heterocycles. The average molecular weight is 110 g/mol. The fraction of sp³-hybridized carbons (Fsp3) is 0.714. The van der Waals surface area contributed by atoms with Gasteiger partial charge in [0.05, 0.1) is 6.61 Å². The fourth-order valence-corrected chi connectivity index (χ4v) is 0.852. The van der Waals surface area contributed by atoms with Crippen molar-refractivity contribution in [3.05, 3.63) is 0 Å². The molecule has 1 heteroatoms. The number of ether oxygens (including phenoxy) is 1. The van der Waals surface area contributed by atoms with Crippen LogP contribution in [0.3, 0.4) is 0 Å². The monoisotopic (exact) mass is 110 g/mol. The molecule has 0 amide bonds. The highest BCUT2D eigenvalue weighted by atomic mass is 16.5. The summed E-state index contributed by atoms with van der Waals surface area (Å²) in [4.78, 5) is 0. The zero-order valence-electron chi connectivity index (χ0n) is 5.11. The van der Waals surface area contributed by atoms with Crippen molar-refractivity contribution in [2.45, 2.75) is 13.3 Å². The molecule has 1 rings (SSSR count). The van der Waals surface area contributed by atoms with Crippen LogP contribution in [0.1, 0.15) is 13.3 Å². The lowest BCUT2D eigenvalue weighted by molar-refractivity contribution is 0.192. The molecule has 1 unspecified atom stereocenters. The first kappa shape index (κ1) is 5.65. The Hall–Kier alpha value is -0.480. The van der Waals surface area contributed by atoms with E-state index in [9.17, 15) is 0 Å². The van der Waals surface area contributed by atoms with Gasteiger partial charge in [0, 0.05) is 12.5 Å². The predicted molar refractivity (Wildman–Crippen MR) is 32.4 cm³/mol. The summed E-state index contributed by atoms with van der Waals surface area (Å²) in [5.74, 6) is 6.48. The van der Waals surface area contributed by atoms with Gasteiger partial charge in [-0.3, -0.25) is 0 Å². The van der Waals surface area contributed by atoms with Gasteiger partial charge in [-0.25, -0.2) is 0 Å². The summed E-state index contributed by atoms with van der Waals surface area (Å²) >= 11 is 0. The first-order valence-electron chi connectivity index (χ1n) is 2.93. The molecule has 1 atom stereocenters. The quantitative estimate of drug-likeness (QED) is 0.423. The largest absolute Gasteiger partial charge is 0.380 e. The highest BCUT2D eigenvalue weighted by molar-refractivity contribution is 5.01. The molecule has 0 spiro atoms. The van der Waals surface area contributed by atoms with Crippen LogP contribution in [0.4, 0.5) is 0 Å². The molecule has 1 fully saturated rings. The van der Waals surface area contributed by atoms with E-state index in [0.717, 1.165) is 19.6 Å². The maximum atomic E-state index is 5.11. The molecule has 0 radical (unpaired) electrons. The van der Waals surface area contributed by atoms with Crippen molar-refractivity contribution < 1.29 is 4.74 Å². The molecule has 8 heavy (non-hydrogen) atoms.